The Balaban J connectivity index is 2.13. The molecule has 28 heavy (non-hydrogen) atoms. The molecule has 0 saturated heterocycles. The van der Waals surface area contributed by atoms with Crippen molar-refractivity contribution in [3.63, 3.8) is 0 Å². The van der Waals surface area contributed by atoms with Crippen LogP contribution in [-0.2, 0) is 21.2 Å². The van der Waals surface area contributed by atoms with Gasteiger partial charge in [-0.2, -0.15) is 4.31 Å². The van der Waals surface area contributed by atoms with Crippen molar-refractivity contribution in [3.05, 3.63) is 53.6 Å². The highest BCUT2D eigenvalue weighted by molar-refractivity contribution is 7.89. The molecule has 0 aliphatic heterocycles. The van der Waals surface area contributed by atoms with Crippen LogP contribution in [0.1, 0.15) is 31.9 Å². The molecule has 1 amide bonds. The van der Waals surface area contributed by atoms with Crippen LogP contribution in [-0.4, -0.2) is 38.3 Å². The molecule has 0 aromatic heterocycles. The highest BCUT2D eigenvalue weighted by atomic mass is 32.2. The molecule has 0 heterocycles. The van der Waals surface area contributed by atoms with Crippen LogP contribution < -0.4 is 10.1 Å². The third kappa shape index (κ3) is 5.33. The molecule has 0 radical (unpaired) electrons. The Kier molecular flexibility index (Phi) is 7.60. The normalized spacial score (nSPS) is 11.5. The zero-order valence-corrected chi connectivity index (χ0v) is 17.7. The van der Waals surface area contributed by atoms with Gasteiger partial charge in [0, 0.05) is 12.2 Å². The van der Waals surface area contributed by atoms with E-state index < -0.39 is 10.0 Å². The standard InChI is InChI=1S/C21H28N2O4S/c1-5-17-8-10-18(11-9-17)22-21(24)15-23(6-2)28(25,26)19-12-13-20(27-7-3)16(4)14-19/h8-14H,5-7,15H2,1-4H3,(H,22,24). The first-order chi connectivity index (χ1) is 13.3. The summed E-state index contributed by atoms with van der Waals surface area (Å²) in [5.41, 5.74) is 2.55. The zero-order chi connectivity index (χ0) is 20.7. The van der Waals surface area contributed by atoms with Gasteiger partial charge in [0.05, 0.1) is 18.0 Å². The van der Waals surface area contributed by atoms with Gasteiger partial charge in [0.1, 0.15) is 5.75 Å². The number of ether oxygens (including phenoxy) is 1. The minimum atomic E-state index is -3.79. The Bertz CT molecular complexity index is 909. The molecule has 1 N–H and O–H groups in total. The molecule has 0 aliphatic carbocycles. The lowest BCUT2D eigenvalue weighted by atomic mass is 10.1. The van der Waals surface area contributed by atoms with Gasteiger partial charge in [-0.1, -0.05) is 26.0 Å². The number of anilines is 1. The summed E-state index contributed by atoms with van der Waals surface area (Å²) < 4.78 is 32.6. The second-order valence-corrected chi connectivity index (χ2v) is 8.33. The second-order valence-electron chi connectivity index (χ2n) is 6.39. The van der Waals surface area contributed by atoms with E-state index in [1.165, 1.54) is 11.6 Å². The van der Waals surface area contributed by atoms with Crippen molar-refractivity contribution in [1.82, 2.24) is 4.31 Å². The van der Waals surface area contributed by atoms with Gasteiger partial charge in [0.2, 0.25) is 15.9 Å². The monoisotopic (exact) mass is 404 g/mol. The van der Waals surface area contributed by atoms with Gasteiger partial charge < -0.3 is 10.1 Å². The first-order valence-corrected chi connectivity index (χ1v) is 10.9. The van der Waals surface area contributed by atoms with Crippen LogP contribution in [0, 0.1) is 6.92 Å². The van der Waals surface area contributed by atoms with Crippen molar-refractivity contribution in [2.24, 2.45) is 0 Å². The molecular weight excluding hydrogens is 376 g/mol. The Hall–Kier alpha value is -2.38. The van der Waals surface area contributed by atoms with Crippen LogP contribution in [0.3, 0.4) is 0 Å². The summed E-state index contributed by atoms with van der Waals surface area (Å²) in [6.07, 6.45) is 0.914. The Labute approximate surface area is 167 Å². The number of nitrogens with zero attached hydrogens (tertiary/aromatic N) is 1. The third-order valence-electron chi connectivity index (χ3n) is 4.40. The third-order valence-corrected chi connectivity index (χ3v) is 6.32. The van der Waals surface area contributed by atoms with E-state index in [9.17, 15) is 13.2 Å². The van der Waals surface area contributed by atoms with Gasteiger partial charge in [-0.15, -0.1) is 0 Å². The van der Waals surface area contributed by atoms with Crippen LogP contribution in [0.4, 0.5) is 5.69 Å². The fourth-order valence-corrected chi connectivity index (χ4v) is 4.29. The molecule has 0 saturated carbocycles. The highest BCUT2D eigenvalue weighted by Crippen LogP contribution is 2.24. The predicted molar refractivity (Wildman–Crippen MR) is 111 cm³/mol. The summed E-state index contributed by atoms with van der Waals surface area (Å²) in [7, 11) is -3.79. The molecule has 2 rings (SSSR count). The lowest BCUT2D eigenvalue weighted by molar-refractivity contribution is -0.116. The number of sulfonamides is 1. The van der Waals surface area contributed by atoms with Crippen LogP contribution in [0.25, 0.3) is 0 Å². The molecule has 0 spiro atoms. The number of amides is 1. The molecule has 0 aliphatic rings. The average Bonchev–Trinajstić information content (AvgIpc) is 2.68. The minimum absolute atomic E-state index is 0.149. The van der Waals surface area contributed by atoms with Gasteiger partial charge >= 0.3 is 0 Å². The molecule has 0 fully saturated rings. The first-order valence-electron chi connectivity index (χ1n) is 9.44. The Morgan fingerprint density at radius 2 is 1.75 bits per heavy atom. The van der Waals surface area contributed by atoms with Gasteiger partial charge in [-0.3, -0.25) is 4.79 Å². The van der Waals surface area contributed by atoms with Gasteiger partial charge in [0.15, 0.2) is 0 Å². The summed E-state index contributed by atoms with van der Waals surface area (Å²) in [5.74, 6) is 0.273. The summed E-state index contributed by atoms with van der Waals surface area (Å²) in [6, 6.07) is 12.2. The number of carbonyl (C=O) groups excluding carboxylic acids is 1. The molecule has 152 valence electrons. The summed E-state index contributed by atoms with van der Waals surface area (Å²) in [6.45, 7) is 7.89. The summed E-state index contributed by atoms with van der Waals surface area (Å²) in [5, 5.41) is 2.75. The molecule has 7 heteroatoms. The van der Waals surface area contributed by atoms with Crippen LogP contribution in [0.2, 0.25) is 0 Å². The Morgan fingerprint density at radius 1 is 1.07 bits per heavy atom. The van der Waals surface area contributed by atoms with Crippen molar-refractivity contribution in [2.75, 3.05) is 25.0 Å². The van der Waals surface area contributed by atoms with Gasteiger partial charge in [-0.25, -0.2) is 8.42 Å². The second kappa shape index (κ2) is 9.71. The number of nitrogens with one attached hydrogen (secondary N) is 1. The number of hydrogen-bond acceptors (Lipinski definition) is 4. The van der Waals surface area contributed by atoms with Crippen molar-refractivity contribution in [1.29, 1.82) is 0 Å². The maximum atomic E-state index is 13.0. The van der Waals surface area contributed by atoms with Crippen LogP contribution >= 0.6 is 0 Å². The van der Waals surface area contributed by atoms with Gasteiger partial charge in [0.25, 0.3) is 0 Å². The van der Waals surface area contributed by atoms with E-state index in [4.69, 9.17) is 4.74 Å². The first kappa shape index (κ1) is 21.9. The molecule has 0 unspecified atom stereocenters. The van der Waals surface area contributed by atoms with E-state index in [1.807, 2.05) is 31.2 Å². The average molecular weight is 405 g/mol. The Morgan fingerprint density at radius 3 is 2.29 bits per heavy atom. The zero-order valence-electron chi connectivity index (χ0n) is 16.9. The lowest BCUT2D eigenvalue weighted by Gasteiger charge is -2.21. The van der Waals surface area contributed by atoms with E-state index in [-0.39, 0.29) is 23.9 Å². The molecular formula is C21H28N2O4S. The van der Waals surface area contributed by atoms with Crippen molar-refractivity contribution in [2.45, 2.75) is 39.0 Å². The smallest absolute Gasteiger partial charge is 0.243 e. The highest BCUT2D eigenvalue weighted by Gasteiger charge is 2.26. The van der Waals surface area contributed by atoms with E-state index in [0.717, 1.165) is 16.3 Å². The van der Waals surface area contributed by atoms with Gasteiger partial charge in [-0.05, 0) is 61.7 Å². The fraction of sp³-hybridized carbons (Fsp3) is 0.381. The number of aryl methyl sites for hydroxylation is 2. The van der Waals surface area contributed by atoms with Crippen molar-refractivity contribution in [3.8, 4) is 5.75 Å². The lowest BCUT2D eigenvalue weighted by Crippen LogP contribution is -2.37. The van der Waals surface area contributed by atoms with E-state index in [0.29, 0.717) is 18.0 Å². The fourth-order valence-electron chi connectivity index (χ4n) is 2.80. The molecule has 6 nitrogen and oxygen atoms in total. The largest absolute Gasteiger partial charge is 0.494 e. The van der Waals surface area contributed by atoms with Crippen LogP contribution in [0.5, 0.6) is 5.75 Å². The number of benzene rings is 2. The van der Waals surface area contributed by atoms with Crippen molar-refractivity contribution >= 4 is 21.6 Å². The molecule has 0 atom stereocenters. The number of likely N-dealkylation sites (N-methyl/N-ethyl adjacent to an activating group) is 1. The summed E-state index contributed by atoms with van der Waals surface area (Å²) in [4.78, 5) is 12.5. The predicted octanol–water partition coefficient (Wildman–Crippen LogP) is 3.61. The summed E-state index contributed by atoms with van der Waals surface area (Å²) >= 11 is 0. The molecule has 2 aromatic rings. The minimum Gasteiger partial charge on any atom is -0.494 e. The van der Waals surface area contributed by atoms with E-state index in [2.05, 4.69) is 12.2 Å². The number of rotatable bonds is 9. The van der Waals surface area contributed by atoms with Crippen LogP contribution in [0.15, 0.2) is 47.4 Å². The number of carbonyl (C=O) groups is 1. The van der Waals surface area contributed by atoms with E-state index >= 15 is 0 Å². The molecule has 0 bridgehead atoms. The quantitative estimate of drug-likeness (QED) is 0.693. The number of hydrogen-bond donors (Lipinski definition) is 1. The topological polar surface area (TPSA) is 75.7 Å². The molecule has 2 aromatic carbocycles. The van der Waals surface area contributed by atoms with Crippen molar-refractivity contribution < 1.29 is 17.9 Å². The maximum Gasteiger partial charge on any atom is 0.243 e. The maximum absolute atomic E-state index is 13.0. The van der Waals surface area contributed by atoms with E-state index in [1.54, 1.807) is 26.0 Å². The SMILES string of the molecule is CCOc1ccc(S(=O)(=O)N(CC)CC(=O)Nc2ccc(CC)cc2)cc1C.